The number of carboxylic acid groups (broad SMARTS) is 1. The van der Waals surface area contributed by atoms with Gasteiger partial charge in [-0.15, -0.1) is 0 Å². The second-order valence-electron chi connectivity index (χ2n) is 6.48. The molecular weight excluding hydrogens is 486 g/mol. The van der Waals surface area contributed by atoms with Crippen molar-refractivity contribution in [1.29, 1.82) is 0 Å². The molecule has 0 unspecified atom stereocenters. The third-order valence-electron chi connectivity index (χ3n) is 4.38. The summed E-state index contributed by atoms with van der Waals surface area (Å²) in [5.41, 5.74) is 1.56. The fraction of sp³-hybridized carbons (Fsp3) is 0.227. The SMILES string of the molecule is CCOc1cc(/C=C2/SC(=O)N(CC)C2=O)cc(Br)c1OCc1cccc(C(=O)O)c1. The Morgan fingerprint density at radius 3 is 2.61 bits per heavy atom. The van der Waals surface area contributed by atoms with E-state index in [2.05, 4.69) is 15.9 Å². The Balaban J connectivity index is 1.86. The highest BCUT2D eigenvalue weighted by molar-refractivity contribution is 9.10. The van der Waals surface area contributed by atoms with Crippen LogP contribution in [0.1, 0.15) is 35.3 Å². The Morgan fingerprint density at radius 2 is 1.97 bits per heavy atom. The number of hydrogen-bond acceptors (Lipinski definition) is 6. The Hall–Kier alpha value is -2.78. The molecule has 1 heterocycles. The molecule has 0 spiro atoms. The molecule has 7 nitrogen and oxygen atoms in total. The minimum absolute atomic E-state index is 0.147. The van der Waals surface area contributed by atoms with E-state index in [0.717, 1.165) is 11.8 Å². The van der Waals surface area contributed by atoms with Crippen LogP contribution in [0.4, 0.5) is 4.79 Å². The van der Waals surface area contributed by atoms with Gasteiger partial charge in [0.25, 0.3) is 11.1 Å². The Bertz CT molecular complexity index is 1070. The molecule has 0 atom stereocenters. The number of amides is 2. The maximum absolute atomic E-state index is 12.4. The lowest BCUT2D eigenvalue weighted by molar-refractivity contribution is -0.122. The number of imide groups is 1. The molecule has 0 bridgehead atoms. The highest BCUT2D eigenvalue weighted by Gasteiger charge is 2.33. The normalized spacial score (nSPS) is 14.9. The number of likely N-dealkylation sites (N-methyl/N-ethyl adjacent to an activating group) is 1. The van der Waals surface area contributed by atoms with E-state index in [0.29, 0.717) is 45.2 Å². The number of halogens is 1. The largest absolute Gasteiger partial charge is 0.490 e. The molecular formula is C22H20BrNO6S. The lowest BCUT2D eigenvalue weighted by atomic mass is 10.1. The van der Waals surface area contributed by atoms with Crippen LogP contribution in [0.3, 0.4) is 0 Å². The summed E-state index contributed by atoms with van der Waals surface area (Å²) < 4.78 is 12.2. The van der Waals surface area contributed by atoms with E-state index in [1.54, 1.807) is 43.3 Å². The summed E-state index contributed by atoms with van der Waals surface area (Å²) >= 11 is 4.39. The minimum atomic E-state index is -1.00. The van der Waals surface area contributed by atoms with Gasteiger partial charge in [-0.1, -0.05) is 12.1 Å². The molecule has 2 amide bonds. The van der Waals surface area contributed by atoms with Crippen LogP contribution in [0.15, 0.2) is 45.8 Å². The summed E-state index contributed by atoms with van der Waals surface area (Å²) in [4.78, 5) is 37.0. The van der Waals surface area contributed by atoms with Crippen molar-refractivity contribution in [1.82, 2.24) is 4.90 Å². The molecule has 2 aromatic rings. The van der Waals surface area contributed by atoms with Crippen LogP contribution < -0.4 is 9.47 Å². The number of carboxylic acids is 1. The molecule has 1 aliphatic heterocycles. The average molecular weight is 506 g/mol. The molecule has 2 aromatic carbocycles. The van der Waals surface area contributed by atoms with Crippen molar-refractivity contribution in [2.45, 2.75) is 20.5 Å². The van der Waals surface area contributed by atoms with Gasteiger partial charge in [0.1, 0.15) is 6.61 Å². The predicted octanol–water partition coefficient (Wildman–Crippen LogP) is 5.18. The number of carbonyl (C=O) groups is 3. The summed E-state index contributed by atoms with van der Waals surface area (Å²) in [5, 5.41) is 8.86. The van der Waals surface area contributed by atoms with Crippen LogP contribution in [0.2, 0.25) is 0 Å². The molecule has 1 N–H and O–H groups in total. The molecule has 1 aliphatic rings. The second kappa shape index (κ2) is 10.0. The van der Waals surface area contributed by atoms with Crippen LogP contribution >= 0.6 is 27.7 Å². The van der Waals surface area contributed by atoms with Crippen molar-refractivity contribution in [2.75, 3.05) is 13.2 Å². The molecule has 1 fully saturated rings. The third-order valence-corrected chi connectivity index (χ3v) is 5.87. The molecule has 0 aliphatic carbocycles. The maximum atomic E-state index is 12.4. The van der Waals surface area contributed by atoms with Gasteiger partial charge in [0.2, 0.25) is 0 Å². The van der Waals surface area contributed by atoms with E-state index in [4.69, 9.17) is 14.6 Å². The van der Waals surface area contributed by atoms with Crippen LogP contribution in [-0.2, 0) is 11.4 Å². The fourth-order valence-electron chi connectivity index (χ4n) is 2.95. The molecule has 0 aromatic heterocycles. The first-order valence-corrected chi connectivity index (χ1v) is 11.1. The fourth-order valence-corrected chi connectivity index (χ4v) is 4.42. The Labute approximate surface area is 192 Å². The van der Waals surface area contributed by atoms with Crippen molar-refractivity contribution >= 4 is 50.9 Å². The number of carbonyl (C=O) groups excluding carboxylic acids is 2. The molecule has 3 rings (SSSR count). The lowest BCUT2D eigenvalue weighted by Gasteiger charge is -2.15. The molecule has 0 saturated carbocycles. The van der Waals surface area contributed by atoms with Gasteiger partial charge in [0.05, 0.1) is 21.5 Å². The highest BCUT2D eigenvalue weighted by Crippen LogP contribution is 2.39. The van der Waals surface area contributed by atoms with Gasteiger partial charge >= 0.3 is 5.97 Å². The van der Waals surface area contributed by atoms with E-state index in [-0.39, 0.29) is 23.3 Å². The van der Waals surface area contributed by atoms with E-state index in [1.807, 2.05) is 6.92 Å². The van der Waals surface area contributed by atoms with Crippen LogP contribution in [-0.4, -0.2) is 40.3 Å². The zero-order valence-electron chi connectivity index (χ0n) is 16.9. The number of rotatable bonds is 8. The second-order valence-corrected chi connectivity index (χ2v) is 8.33. The van der Waals surface area contributed by atoms with E-state index < -0.39 is 5.97 Å². The van der Waals surface area contributed by atoms with Gasteiger partial charge in [-0.2, -0.15) is 0 Å². The highest BCUT2D eigenvalue weighted by atomic mass is 79.9. The Kier molecular flexibility index (Phi) is 7.40. The van der Waals surface area contributed by atoms with Gasteiger partial charge in [-0.25, -0.2) is 4.79 Å². The third kappa shape index (κ3) is 5.29. The van der Waals surface area contributed by atoms with Crippen molar-refractivity contribution in [2.24, 2.45) is 0 Å². The first kappa shape index (κ1) is 22.9. The van der Waals surface area contributed by atoms with E-state index in [9.17, 15) is 14.4 Å². The van der Waals surface area contributed by atoms with Crippen molar-refractivity contribution in [3.63, 3.8) is 0 Å². The Morgan fingerprint density at radius 1 is 1.19 bits per heavy atom. The summed E-state index contributed by atoms with van der Waals surface area (Å²) in [6, 6.07) is 10.0. The predicted molar refractivity (Wildman–Crippen MR) is 121 cm³/mol. The minimum Gasteiger partial charge on any atom is -0.490 e. The van der Waals surface area contributed by atoms with E-state index in [1.165, 1.54) is 11.0 Å². The van der Waals surface area contributed by atoms with Gasteiger partial charge in [0, 0.05) is 6.54 Å². The summed E-state index contributed by atoms with van der Waals surface area (Å²) in [7, 11) is 0. The standard InChI is InChI=1S/C22H20BrNO6S/c1-3-24-20(25)18(31-22(24)28)11-14-9-16(23)19(17(10-14)29-4-2)30-12-13-6-5-7-15(8-13)21(26)27/h5-11H,3-4,12H2,1-2H3,(H,26,27)/b18-11+. The molecule has 162 valence electrons. The lowest BCUT2D eigenvalue weighted by Crippen LogP contribution is -2.27. The zero-order chi connectivity index (χ0) is 22.5. The molecule has 1 saturated heterocycles. The van der Waals surface area contributed by atoms with Gasteiger partial charge < -0.3 is 14.6 Å². The molecule has 31 heavy (non-hydrogen) atoms. The number of aromatic carboxylic acids is 1. The number of benzene rings is 2. The maximum Gasteiger partial charge on any atom is 0.335 e. The number of ether oxygens (including phenoxy) is 2. The van der Waals surface area contributed by atoms with Crippen LogP contribution in [0, 0.1) is 0 Å². The monoisotopic (exact) mass is 505 g/mol. The summed E-state index contributed by atoms with van der Waals surface area (Å²) in [6.45, 7) is 4.46. The van der Waals surface area contributed by atoms with Crippen molar-refractivity contribution in [3.8, 4) is 11.5 Å². The van der Waals surface area contributed by atoms with Crippen molar-refractivity contribution < 1.29 is 29.0 Å². The van der Waals surface area contributed by atoms with Crippen LogP contribution in [0.25, 0.3) is 6.08 Å². The quantitative estimate of drug-likeness (QED) is 0.493. The van der Waals surface area contributed by atoms with E-state index >= 15 is 0 Å². The topological polar surface area (TPSA) is 93.1 Å². The molecule has 9 heteroatoms. The first-order valence-electron chi connectivity index (χ1n) is 9.50. The van der Waals surface area contributed by atoms with Crippen LogP contribution in [0.5, 0.6) is 11.5 Å². The first-order chi connectivity index (χ1) is 14.8. The van der Waals surface area contributed by atoms with Gasteiger partial charge in [-0.3, -0.25) is 14.5 Å². The van der Waals surface area contributed by atoms with Gasteiger partial charge in [-0.05, 0) is 83.0 Å². The number of nitrogens with zero attached hydrogens (tertiary/aromatic N) is 1. The molecule has 0 radical (unpaired) electrons. The summed E-state index contributed by atoms with van der Waals surface area (Å²) in [6.07, 6.45) is 1.65. The smallest absolute Gasteiger partial charge is 0.335 e. The number of thioether (sulfide) groups is 1. The average Bonchev–Trinajstić information content (AvgIpc) is 3.00. The van der Waals surface area contributed by atoms with Gasteiger partial charge in [0.15, 0.2) is 11.5 Å². The summed E-state index contributed by atoms with van der Waals surface area (Å²) in [5.74, 6) is -0.395. The number of hydrogen-bond donors (Lipinski definition) is 1. The van der Waals surface area contributed by atoms with Crippen molar-refractivity contribution in [3.05, 3.63) is 62.5 Å². The zero-order valence-corrected chi connectivity index (χ0v) is 19.3.